The summed E-state index contributed by atoms with van der Waals surface area (Å²) in [5.74, 6) is 0. The van der Waals surface area contributed by atoms with Crippen molar-refractivity contribution >= 4 is 0 Å². The highest BCUT2D eigenvalue weighted by Crippen LogP contribution is 1.99. The van der Waals surface area contributed by atoms with Crippen LogP contribution in [-0.4, -0.2) is 49.8 Å². The van der Waals surface area contributed by atoms with Crippen molar-refractivity contribution in [2.45, 2.75) is 19.8 Å². The molecule has 0 bridgehead atoms. The number of nitrogens with one attached hydrogen (secondary N) is 1. The molecule has 0 spiro atoms. The molecule has 1 fully saturated rings. The van der Waals surface area contributed by atoms with Crippen LogP contribution in [-0.2, 0) is 0 Å². The van der Waals surface area contributed by atoms with Crippen LogP contribution in [0.3, 0.4) is 0 Å². The van der Waals surface area contributed by atoms with E-state index in [0.717, 1.165) is 13.1 Å². The van der Waals surface area contributed by atoms with Gasteiger partial charge in [0.15, 0.2) is 0 Å². The molecule has 3 heteroatoms. The van der Waals surface area contributed by atoms with Crippen LogP contribution < -0.4 is 5.32 Å². The Balaban J connectivity index is 2.15. The fourth-order valence-electron chi connectivity index (χ4n) is 1.52. The first-order valence-electron chi connectivity index (χ1n) is 5.01. The lowest BCUT2D eigenvalue weighted by Crippen LogP contribution is -2.51. The van der Waals surface area contributed by atoms with Crippen molar-refractivity contribution in [1.82, 2.24) is 15.3 Å². The fraction of sp³-hybridized carbons (Fsp3) is 1.00. The lowest BCUT2D eigenvalue weighted by molar-refractivity contribution is -0.0111. The van der Waals surface area contributed by atoms with Crippen LogP contribution in [0.15, 0.2) is 0 Å². The van der Waals surface area contributed by atoms with Gasteiger partial charge in [-0.1, -0.05) is 13.3 Å². The Labute approximate surface area is 75.7 Å². The fourth-order valence-corrected chi connectivity index (χ4v) is 1.52. The molecule has 0 unspecified atom stereocenters. The molecule has 1 aliphatic rings. The molecule has 1 heterocycles. The van der Waals surface area contributed by atoms with Gasteiger partial charge in [0.05, 0.1) is 0 Å². The summed E-state index contributed by atoms with van der Waals surface area (Å²) in [7, 11) is 2.20. The highest BCUT2D eigenvalue weighted by molar-refractivity contribution is 4.64. The van der Waals surface area contributed by atoms with Crippen LogP contribution in [0.4, 0.5) is 0 Å². The molecule has 0 aliphatic carbocycles. The van der Waals surface area contributed by atoms with Gasteiger partial charge in [0.25, 0.3) is 0 Å². The van der Waals surface area contributed by atoms with Crippen molar-refractivity contribution in [3.63, 3.8) is 0 Å². The van der Waals surface area contributed by atoms with E-state index in [-0.39, 0.29) is 0 Å². The molecular weight excluding hydrogens is 150 g/mol. The maximum absolute atomic E-state index is 3.36. The number of rotatable bonds is 4. The number of hydrazine groups is 1. The predicted octanol–water partition coefficient (Wildman–Crippen LogP) is 0.539. The summed E-state index contributed by atoms with van der Waals surface area (Å²) in [5, 5.41) is 8.16. The first kappa shape index (κ1) is 9.96. The van der Waals surface area contributed by atoms with Crippen molar-refractivity contribution < 1.29 is 0 Å². The molecule has 1 rings (SSSR count). The van der Waals surface area contributed by atoms with E-state index in [1.165, 1.54) is 32.5 Å². The van der Waals surface area contributed by atoms with Crippen molar-refractivity contribution in [3.8, 4) is 0 Å². The normalized spacial score (nSPS) is 20.2. The Bertz CT molecular complexity index is 110. The second-order valence-electron chi connectivity index (χ2n) is 3.44. The first-order valence-corrected chi connectivity index (χ1v) is 5.01. The minimum Gasteiger partial charge on any atom is -0.314 e. The van der Waals surface area contributed by atoms with Gasteiger partial charge in [0.1, 0.15) is 0 Å². The summed E-state index contributed by atoms with van der Waals surface area (Å²) in [4.78, 5) is 0. The predicted molar refractivity (Wildman–Crippen MR) is 52.0 cm³/mol. The van der Waals surface area contributed by atoms with E-state index in [1.807, 2.05) is 0 Å². The van der Waals surface area contributed by atoms with E-state index in [4.69, 9.17) is 0 Å². The van der Waals surface area contributed by atoms with Crippen molar-refractivity contribution in [2.24, 2.45) is 0 Å². The highest BCUT2D eigenvalue weighted by Gasteiger charge is 2.12. The van der Waals surface area contributed by atoms with E-state index in [2.05, 4.69) is 29.3 Å². The average molecular weight is 171 g/mol. The highest BCUT2D eigenvalue weighted by atomic mass is 15.6. The SMILES string of the molecule is CCCCN(C)N1CCNCC1. The minimum atomic E-state index is 1.14. The van der Waals surface area contributed by atoms with Gasteiger partial charge in [-0.25, -0.2) is 10.0 Å². The Morgan fingerprint density at radius 1 is 1.33 bits per heavy atom. The van der Waals surface area contributed by atoms with Gasteiger partial charge >= 0.3 is 0 Å². The molecule has 0 saturated carbocycles. The standard InChI is InChI=1S/C9H21N3/c1-3-4-7-11(2)12-8-5-10-6-9-12/h10H,3-9H2,1-2H3. The van der Waals surface area contributed by atoms with Gasteiger partial charge in [0.2, 0.25) is 0 Å². The third-order valence-electron chi connectivity index (χ3n) is 2.41. The lowest BCUT2D eigenvalue weighted by Gasteiger charge is -2.35. The molecule has 1 saturated heterocycles. The molecule has 0 aromatic heterocycles. The van der Waals surface area contributed by atoms with E-state index < -0.39 is 0 Å². The minimum absolute atomic E-state index is 1.14. The molecule has 72 valence electrons. The van der Waals surface area contributed by atoms with Crippen molar-refractivity contribution in [1.29, 1.82) is 0 Å². The monoisotopic (exact) mass is 171 g/mol. The van der Waals surface area contributed by atoms with Crippen LogP contribution in [0.25, 0.3) is 0 Å². The quantitative estimate of drug-likeness (QED) is 0.666. The number of nitrogens with zero attached hydrogens (tertiary/aromatic N) is 2. The summed E-state index contributed by atoms with van der Waals surface area (Å²) >= 11 is 0. The summed E-state index contributed by atoms with van der Waals surface area (Å²) in [5.41, 5.74) is 0. The van der Waals surface area contributed by atoms with Gasteiger partial charge in [-0.3, -0.25) is 0 Å². The van der Waals surface area contributed by atoms with Crippen LogP contribution in [0.2, 0.25) is 0 Å². The summed E-state index contributed by atoms with van der Waals surface area (Å²) in [6.45, 7) is 8.05. The Morgan fingerprint density at radius 2 is 2.00 bits per heavy atom. The van der Waals surface area contributed by atoms with Crippen LogP contribution in [0.5, 0.6) is 0 Å². The maximum atomic E-state index is 3.36. The molecule has 0 radical (unpaired) electrons. The zero-order valence-corrected chi connectivity index (χ0v) is 8.34. The first-order chi connectivity index (χ1) is 5.84. The van der Waals surface area contributed by atoms with Crippen LogP contribution in [0.1, 0.15) is 19.8 Å². The molecule has 1 aliphatic heterocycles. The van der Waals surface area contributed by atoms with Crippen molar-refractivity contribution in [3.05, 3.63) is 0 Å². The molecule has 12 heavy (non-hydrogen) atoms. The molecule has 1 N–H and O–H groups in total. The van der Waals surface area contributed by atoms with E-state index >= 15 is 0 Å². The molecule has 0 aromatic rings. The van der Waals surface area contributed by atoms with Crippen LogP contribution >= 0.6 is 0 Å². The van der Waals surface area contributed by atoms with Gasteiger partial charge in [-0.05, 0) is 6.42 Å². The molecular formula is C9H21N3. The number of piperazine rings is 1. The maximum Gasteiger partial charge on any atom is 0.0259 e. The van der Waals surface area contributed by atoms with Gasteiger partial charge < -0.3 is 5.32 Å². The Hall–Kier alpha value is -0.120. The van der Waals surface area contributed by atoms with E-state index in [0.29, 0.717) is 0 Å². The Morgan fingerprint density at radius 3 is 2.58 bits per heavy atom. The van der Waals surface area contributed by atoms with E-state index in [9.17, 15) is 0 Å². The van der Waals surface area contributed by atoms with Crippen molar-refractivity contribution in [2.75, 3.05) is 39.8 Å². The Kier molecular flexibility index (Phi) is 4.58. The third-order valence-corrected chi connectivity index (χ3v) is 2.41. The van der Waals surface area contributed by atoms with E-state index in [1.54, 1.807) is 0 Å². The summed E-state index contributed by atoms with van der Waals surface area (Å²) in [6.07, 6.45) is 2.59. The van der Waals surface area contributed by atoms with Crippen LogP contribution in [0, 0.1) is 0 Å². The summed E-state index contributed by atoms with van der Waals surface area (Å²) in [6, 6.07) is 0. The molecule has 0 amide bonds. The average Bonchev–Trinajstić information content (AvgIpc) is 2.15. The van der Waals surface area contributed by atoms with Gasteiger partial charge in [-0.15, -0.1) is 0 Å². The topological polar surface area (TPSA) is 18.5 Å². The number of hydrogen-bond donors (Lipinski definition) is 1. The number of unbranched alkanes of at least 4 members (excludes halogenated alkanes) is 1. The second-order valence-corrected chi connectivity index (χ2v) is 3.44. The van der Waals surface area contributed by atoms with Gasteiger partial charge in [-0.2, -0.15) is 0 Å². The smallest absolute Gasteiger partial charge is 0.0259 e. The zero-order valence-electron chi connectivity index (χ0n) is 8.34. The molecule has 3 nitrogen and oxygen atoms in total. The third kappa shape index (κ3) is 3.09. The van der Waals surface area contributed by atoms with Gasteiger partial charge in [0, 0.05) is 39.8 Å². The largest absolute Gasteiger partial charge is 0.314 e. The molecule has 0 atom stereocenters. The number of hydrogen-bond acceptors (Lipinski definition) is 3. The second kappa shape index (κ2) is 5.51. The lowest BCUT2D eigenvalue weighted by atomic mass is 10.3. The zero-order chi connectivity index (χ0) is 8.81. The summed E-state index contributed by atoms with van der Waals surface area (Å²) < 4.78 is 0. The molecule has 0 aromatic carbocycles.